The quantitative estimate of drug-likeness (QED) is 0.836. The molecule has 0 amide bonds. The van der Waals surface area contributed by atoms with Crippen LogP contribution in [-0.2, 0) is 0 Å². The minimum Gasteiger partial charge on any atom is -0.478 e. The molecule has 1 aliphatic rings. The minimum absolute atomic E-state index is 0.278. The van der Waals surface area contributed by atoms with Gasteiger partial charge in [0.15, 0.2) is 0 Å². The van der Waals surface area contributed by atoms with Gasteiger partial charge in [-0.15, -0.1) is 0 Å². The zero-order valence-corrected chi connectivity index (χ0v) is 8.90. The van der Waals surface area contributed by atoms with Crippen molar-refractivity contribution in [1.82, 2.24) is 0 Å². The molecular formula is C12H14FNO2. The second kappa shape index (κ2) is 4.51. The second-order valence-electron chi connectivity index (χ2n) is 4.02. The largest absolute Gasteiger partial charge is 0.478 e. The average Bonchev–Trinajstić information content (AvgIpc) is 2.30. The van der Waals surface area contributed by atoms with E-state index in [1.807, 2.05) is 11.0 Å². The minimum atomic E-state index is -0.928. The van der Waals surface area contributed by atoms with Crippen LogP contribution in [0.1, 0.15) is 23.2 Å². The molecule has 1 aromatic rings. The van der Waals surface area contributed by atoms with E-state index in [0.29, 0.717) is 25.9 Å². The maximum absolute atomic E-state index is 13.0. The third-order valence-corrected chi connectivity index (χ3v) is 2.88. The Hall–Kier alpha value is -1.58. The summed E-state index contributed by atoms with van der Waals surface area (Å²) in [6, 6.07) is 6.79. The number of hydrogen-bond acceptors (Lipinski definition) is 2. The molecule has 1 aromatic carbocycles. The average molecular weight is 223 g/mol. The number of halogens is 1. The molecule has 0 bridgehead atoms. The Balaban J connectivity index is 2.14. The van der Waals surface area contributed by atoms with Gasteiger partial charge in [0.25, 0.3) is 0 Å². The monoisotopic (exact) mass is 223 g/mol. The van der Waals surface area contributed by atoms with Gasteiger partial charge in [0.1, 0.15) is 6.17 Å². The molecule has 1 aliphatic heterocycles. The first-order valence-electron chi connectivity index (χ1n) is 5.39. The second-order valence-corrected chi connectivity index (χ2v) is 4.02. The molecule has 86 valence electrons. The molecule has 0 atom stereocenters. The first-order chi connectivity index (χ1) is 7.66. The smallest absolute Gasteiger partial charge is 0.335 e. The van der Waals surface area contributed by atoms with Crippen molar-refractivity contribution >= 4 is 11.7 Å². The summed E-state index contributed by atoms with van der Waals surface area (Å²) in [5.74, 6) is -0.928. The van der Waals surface area contributed by atoms with Crippen LogP contribution in [0.15, 0.2) is 24.3 Å². The molecule has 0 spiro atoms. The van der Waals surface area contributed by atoms with Gasteiger partial charge < -0.3 is 10.0 Å². The predicted octanol–water partition coefficient (Wildman–Crippen LogP) is 2.32. The number of carboxylic acid groups (broad SMARTS) is 1. The fraction of sp³-hybridized carbons (Fsp3) is 0.417. The first kappa shape index (κ1) is 10.9. The Morgan fingerprint density at radius 3 is 2.69 bits per heavy atom. The molecule has 1 saturated heterocycles. The fourth-order valence-electron chi connectivity index (χ4n) is 1.94. The summed E-state index contributed by atoms with van der Waals surface area (Å²) in [6.45, 7) is 1.31. The molecular weight excluding hydrogens is 209 g/mol. The number of rotatable bonds is 2. The highest BCUT2D eigenvalue weighted by Crippen LogP contribution is 2.22. The van der Waals surface area contributed by atoms with E-state index in [0.717, 1.165) is 5.69 Å². The Morgan fingerprint density at radius 1 is 1.38 bits per heavy atom. The highest BCUT2D eigenvalue weighted by Gasteiger charge is 2.19. The van der Waals surface area contributed by atoms with E-state index in [1.165, 1.54) is 0 Å². The lowest BCUT2D eigenvalue weighted by Gasteiger charge is -2.30. The number of benzene rings is 1. The molecule has 0 radical (unpaired) electrons. The van der Waals surface area contributed by atoms with Crippen LogP contribution < -0.4 is 4.90 Å². The van der Waals surface area contributed by atoms with Gasteiger partial charge >= 0.3 is 5.97 Å². The summed E-state index contributed by atoms with van der Waals surface area (Å²) in [7, 11) is 0. The molecule has 1 fully saturated rings. The summed E-state index contributed by atoms with van der Waals surface area (Å²) >= 11 is 0. The van der Waals surface area contributed by atoms with Gasteiger partial charge in [-0.25, -0.2) is 9.18 Å². The summed E-state index contributed by atoms with van der Waals surface area (Å²) in [4.78, 5) is 12.8. The van der Waals surface area contributed by atoms with Gasteiger partial charge in [-0.1, -0.05) is 6.07 Å². The Kier molecular flexibility index (Phi) is 3.08. The number of piperidine rings is 1. The molecule has 0 aromatic heterocycles. The van der Waals surface area contributed by atoms with Crippen molar-refractivity contribution in [2.24, 2.45) is 0 Å². The van der Waals surface area contributed by atoms with Crippen molar-refractivity contribution in [3.05, 3.63) is 29.8 Å². The standard InChI is InChI=1S/C12H14FNO2/c13-10-4-6-14(7-5-10)11-3-1-2-9(8-11)12(15)16/h1-3,8,10H,4-7H2,(H,15,16). The third kappa shape index (κ3) is 2.32. The lowest BCUT2D eigenvalue weighted by Crippen LogP contribution is -2.34. The predicted molar refractivity (Wildman–Crippen MR) is 59.7 cm³/mol. The number of anilines is 1. The molecule has 3 nitrogen and oxygen atoms in total. The number of nitrogens with zero attached hydrogens (tertiary/aromatic N) is 1. The zero-order chi connectivity index (χ0) is 11.5. The Morgan fingerprint density at radius 2 is 2.06 bits per heavy atom. The van der Waals surface area contributed by atoms with Gasteiger partial charge in [-0.2, -0.15) is 0 Å². The van der Waals surface area contributed by atoms with Gasteiger partial charge in [0, 0.05) is 18.8 Å². The van der Waals surface area contributed by atoms with Crippen LogP contribution in [0.2, 0.25) is 0 Å². The maximum Gasteiger partial charge on any atom is 0.335 e. The van der Waals surface area contributed by atoms with E-state index in [9.17, 15) is 9.18 Å². The van der Waals surface area contributed by atoms with Crippen molar-refractivity contribution in [3.8, 4) is 0 Å². The summed E-state index contributed by atoms with van der Waals surface area (Å²) < 4.78 is 13.0. The summed E-state index contributed by atoms with van der Waals surface area (Å²) in [5, 5.41) is 8.87. The van der Waals surface area contributed by atoms with Gasteiger partial charge in [-0.3, -0.25) is 0 Å². The van der Waals surface area contributed by atoms with Crippen molar-refractivity contribution in [3.63, 3.8) is 0 Å². The molecule has 2 rings (SSSR count). The summed E-state index contributed by atoms with van der Waals surface area (Å²) in [6.07, 6.45) is 0.341. The Bertz CT molecular complexity index is 386. The van der Waals surface area contributed by atoms with Crippen LogP contribution in [0, 0.1) is 0 Å². The van der Waals surface area contributed by atoms with Crippen LogP contribution in [0.4, 0.5) is 10.1 Å². The van der Waals surface area contributed by atoms with Crippen molar-refractivity contribution in [1.29, 1.82) is 0 Å². The summed E-state index contributed by atoms with van der Waals surface area (Å²) in [5.41, 5.74) is 1.15. The maximum atomic E-state index is 13.0. The third-order valence-electron chi connectivity index (χ3n) is 2.88. The first-order valence-corrected chi connectivity index (χ1v) is 5.39. The van der Waals surface area contributed by atoms with E-state index >= 15 is 0 Å². The lowest BCUT2D eigenvalue weighted by atomic mass is 10.1. The van der Waals surface area contributed by atoms with Crippen LogP contribution in [0.25, 0.3) is 0 Å². The topological polar surface area (TPSA) is 40.5 Å². The SMILES string of the molecule is O=C(O)c1cccc(N2CCC(F)CC2)c1. The lowest BCUT2D eigenvalue weighted by molar-refractivity contribution is 0.0697. The van der Waals surface area contributed by atoms with Crippen molar-refractivity contribution in [2.75, 3.05) is 18.0 Å². The highest BCUT2D eigenvalue weighted by atomic mass is 19.1. The highest BCUT2D eigenvalue weighted by molar-refractivity contribution is 5.88. The van der Waals surface area contributed by atoms with Crippen molar-refractivity contribution < 1.29 is 14.3 Å². The van der Waals surface area contributed by atoms with Crippen LogP contribution >= 0.6 is 0 Å². The van der Waals surface area contributed by atoms with E-state index in [1.54, 1.807) is 18.2 Å². The molecule has 16 heavy (non-hydrogen) atoms. The number of carboxylic acids is 1. The van der Waals surface area contributed by atoms with E-state index in [4.69, 9.17) is 5.11 Å². The van der Waals surface area contributed by atoms with Gasteiger partial charge in [0.2, 0.25) is 0 Å². The van der Waals surface area contributed by atoms with Crippen LogP contribution in [0.3, 0.4) is 0 Å². The number of hydrogen-bond donors (Lipinski definition) is 1. The van der Waals surface area contributed by atoms with E-state index in [2.05, 4.69) is 0 Å². The molecule has 4 heteroatoms. The number of aromatic carboxylic acids is 1. The molecule has 1 heterocycles. The molecule has 0 unspecified atom stereocenters. The number of alkyl halides is 1. The fourth-order valence-corrected chi connectivity index (χ4v) is 1.94. The van der Waals surface area contributed by atoms with Gasteiger partial charge in [-0.05, 0) is 31.0 Å². The van der Waals surface area contributed by atoms with Crippen LogP contribution in [-0.4, -0.2) is 30.3 Å². The van der Waals surface area contributed by atoms with Crippen LogP contribution in [0.5, 0.6) is 0 Å². The molecule has 0 saturated carbocycles. The zero-order valence-electron chi connectivity index (χ0n) is 8.90. The molecule has 0 aliphatic carbocycles. The normalized spacial score (nSPS) is 17.4. The van der Waals surface area contributed by atoms with E-state index in [-0.39, 0.29) is 5.56 Å². The van der Waals surface area contributed by atoms with Crippen molar-refractivity contribution in [2.45, 2.75) is 19.0 Å². The Labute approximate surface area is 93.5 Å². The van der Waals surface area contributed by atoms with E-state index < -0.39 is 12.1 Å². The number of carbonyl (C=O) groups is 1. The van der Waals surface area contributed by atoms with Gasteiger partial charge in [0.05, 0.1) is 5.56 Å². The molecule has 1 N–H and O–H groups in total.